The van der Waals surface area contributed by atoms with Crippen LogP contribution in [0.15, 0.2) is 24.5 Å². The lowest BCUT2D eigenvalue weighted by Gasteiger charge is -2.16. The summed E-state index contributed by atoms with van der Waals surface area (Å²) in [5.74, 6) is 1.04. The molecule has 162 valence electrons. The van der Waals surface area contributed by atoms with E-state index in [0.717, 1.165) is 37.9 Å². The van der Waals surface area contributed by atoms with Crippen LogP contribution < -0.4 is 10.6 Å². The summed E-state index contributed by atoms with van der Waals surface area (Å²) in [6.07, 6.45) is 5.84. The summed E-state index contributed by atoms with van der Waals surface area (Å²) in [5.41, 5.74) is 2.05. The fourth-order valence-corrected chi connectivity index (χ4v) is 3.36. The standard InChI is InChI=1S/C21H29ClN6O2/c1-3-5-6-10-28-13-24-17-19(23-11-14-8-7-9-16(22)18(14)30)26-21(27-20(17)28)25-15(4-2)12-29/h7-9,13,15,29-30H,3-6,10-12H2,1-2H3,(H2,23,25,26,27). The van der Waals surface area contributed by atoms with E-state index in [1.165, 1.54) is 0 Å². The molecular formula is C21H29ClN6O2. The number of hydrogen-bond acceptors (Lipinski definition) is 7. The summed E-state index contributed by atoms with van der Waals surface area (Å²) in [6.45, 7) is 5.31. The molecule has 3 aromatic rings. The normalized spacial score (nSPS) is 12.3. The van der Waals surface area contributed by atoms with Crippen molar-refractivity contribution in [2.75, 3.05) is 17.2 Å². The molecule has 8 nitrogen and oxygen atoms in total. The van der Waals surface area contributed by atoms with E-state index >= 15 is 0 Å². The van der Waals surface area contributed by atoms with Crippen molar-refractivity contribution in [2.24, 2.45) is 0 Å². The summed E-state index contributed by atoms with van der Waals surface area (Å²) >= 11 is 6.02. The van der Waals surface area contributed by atoms with Crippen molar-refractivity contribution in [2.45, 2.75) is 58.7 Å². The molecule has 4 N–H and O–H groups in total. The van der Waals surface area contributed by atoms with Crippen LogP contribution in [0.4, 0.5) is 11.8 Å². The Labute approximate surface area is 181 Å². The number of aryl methyl sites for hydroxylation is 1. The van der Waals surface area contributed by atoms with Crippen LogP contribution in [0, 0.1) is 0 Å². The molecule has 0 aliphatic heterocycles. The van der Waals surface area contributed by atoms with Gasteiger partial charge >= 0.3 is 0 Å². The number of phenols is 1. The van der Waals surface area contributed by atoms with Gasteiger partial charge < -0.3 is 25.4 Å². The summed E-state index contributed by atoms with van der Waals surface area (Å²) in [6, 6.07) is 5.09. The zero-order chi connectivity index (χ0) is 21.5. The van der Waals surface area contributed by atoms with Crippen LogP contribution in [0.2, 0.25) is 5.02 Å². The monoisotopic (exact) mass is 432 g/mol. The maximum Gasteiger partial charge on any atom is 0.227 e. The Morgan fingerprint density at radius 3 is 2.77 bits per heavy atom. The summed E-state index contributed by atoms with van der Waals surface area (Å²) in [5, 5.41) is 26.5. The van der Waals surface area contributed by atoms with Gasteiger partial charge in [0.25, 0.3) is 0 Å². The number of aliphatic hydroxyl groups is 1. The molecule has 1 unspecified atom stereocenters. The second kappa shape index (κ2) is 10.4. The molecule has 0 saturated carbocycles. The third-order valence-electron chi connectivity index (χ3n) is 5.03. The maximum atomic E-state index is 10.2. The molecule has 0 spiro atoms. The molecule has 0 bridgehead atoms. The Kier molecular flexibility index (Phi) is 7.70. The Hall–Kier alpha value is -2.58. The fraction of sp³-hybridized carbons (Fsp3) is 0.476. The molecule has 0 aliphatic carbocycles. The molecule has 0 fully saturated rings. The first kappa shape index (κ1) is 22.1. The van der Waals surface area contributed by atoms with E-state index in [9.17, 15) is 10.2 Å². The molecule has 1 atom stereocenters. The third-order valence-corrected chi connectivity index (χ3v) is 5.33. The minimum Gasteiger partial charge on any atom is -0.506 e. The lowest BCUT2D eigenvalue weighted by Crippen LogP contribution is -2.24. The topological polar surface area (TPSA) is 108 Å². The number of phenolic OH excluding ortho intramolecular Hbond substituents is 1. The van der Waals surface area contributed by atoms with E-state index < -0.39 is 0 Å². The zero-order valence-electron chi connectivity index (χ0n) is 17.4. The van der Waals surface area contributed by atoms with E-state index in [4.69, 9.17) is 11.6 Å². The van der Waals surface area contributed by atoms with Gasteiger partial charge in [-0.2, -0.15) is 9.97 Å². The molecule has 0 radical (unpaired) electrons. The van der Waals surface area contributed by atoms with Crippen LogP contribution in [0.5, 0.6) is 5.75 Å². The first-order valence-electron chi connectivity index (χ1n) is 10.4. The number of halogens is 1. The minimum absolute atomic E-state index is 0.00714. The Morgan fingerprint density at radius 2 is 2.03 bits per heavy atom. The summed E-state index contributed by atoms with van der Waals surface area (Å²) in [7, 11) is 0. The number of nitrogens with one attached hydrogen (secondary N) is 2. The van der Waals surface area contributed by atoms with Gasteiger partial charge in [-0.3, -0.25) is 0 Å². The first-order valence-corrected chi connectivity index (χ1v) is 10.8. The van der Waals surface area contributed by atoms with Crippen LogP contribution in [0.25, 0.3) is 11.2 Å². The van der Waals surface area contributed by atoms with Gasteiger partial charge in [0, 0.05) is 18.7 Å². The lowest BCUT2D eigenvalue weighted by molar-refractivity contribution is 0.271. The maximum absolute atomic E-state index is 10.2. The third kappa shape index (κ3) is 5.12. The highest BCUT2D eigenvalue weighted by Gasteiger charge is 2.16. The van der Waals surface area contributed by atoms with Crippen LogP contribution in [0.3, 0.4) is 0 Å². The fourth-order valence-electron chi connectivity index (χ4n) is 3.17. The summed E-state index contributed by atoms with van der Waals surface area (Å²) < 4.78 is 2.03. The van der Waals surface area contributed by atoms with E-state index in [1.807, 2.05) is 11.5 Å². The number of imidazole rings is 1. The molecule has 0 amide bonds. The quantitative estimate of drug-likeness (QED) is 0.337. The molecule has 2 aromatic heterocycles. The van der Waals surface area contributed by atoms with Crippen LogP contribution in [-0.4, -0.2) is 42.4 Å². The van der Waals surface area contributed by atoms with E-state index in [-0.39, 0.29) is 18.4 Å². The Balaban J connectivity index is 1.92. The highest BCUT2D eigenvalue weighted by Crippen LogP contribution is 2.28. The number of hydrogen-bond donors (Lipinski definition) is 4. The van der Waals surface area contributed by atoms with Gasteiger partial charge in [-0.15, -0.1) is 0 Å². The van der Waals surface area contributed by atoms with Gasteiger partial charge in [-0.1, -0.05) is 50.4 Å². The van der Waals surface area contributed by atoms with Gasteiger partial charge in [0.1, 0.15) is 5.75 Å². The van der Waals surface area contributed by atoms with Crippen molar-refractivity contribution in [1.82, 2.24) is 19.5 Å². The minimum atomic E-state index is -0.135. The highest BCUT2D eigenvalue weighted by atomic mass is 35.5. The number of para-hydroxylation sites is 1. The van der Waals surface area contributed by atoms with Crippen molar-refractivity contribution in [3.05, 3.63) is 35.1 Å². The van der Waals surface area contributed by atoms with Gasteiger partial charge in [0.2, 0.25) is 5.95 Å². The molecule has 0 aliphatic rings. The number of benzene rings is 1. The SMILES string of the molecule is CCCCCn1cnc2c(NCc3cccc(Cl)c3O)nc(NC(CC)CO)nc21. The molecule has 30 heavy (non-hydrogen) atoms. The van der Waals surface area contributed by atoms with Crippen LogP contribution in [0.1, 0.15) is 45.1 Å². The predicted octanol–water partition coefficient (Wildman–Crippen LogP) is 4.17. The molecule has 2 heterocycles. The van der Waals surface area contributed by atoms with Crippen molar-refractivity contribution in [1.29, 1.82) is 0 Å². The second-order valence-corrected chi connectivity index (χ2v) is 7.65. The van der Waals surface area contributed by atoms with Crippen molar-refractivity contribution in [3.63, 3.8) is 0 Å². The smallest absolute Gasteiger partial charge is 0.227 e. The molecule has 1 aromatic carbocycles. The number of rotatable bonds is 11. The van der Waals surface area contributed by atoms with E-state index in [1.54, 1.807) is 24.5 Å². The van der Waals surface area contributed by atoms with Crippen molar-refractivity contribution >= 4 is 34.5 Å². The zero-order valence-corrected chi connectivity index (χ0v) is 18.2. The number of aromatic hydroxyl groups is 1. The Morgan fingerprint density at radius 1 is 1.20 bits per heavy atom. The van der Waals surface area contributed by atoms with Crippen LogP contribution in [-0.2, 0) is 13.1 Å². The molecule has 3 rings (SSSR count). The largest absolute Gasteiger partial charge is 0.506 e. The summed E-state index contributed by atoms with van der Waals surface area (Å²) in [4.78, 5) is 13.8. The van der Waals surface area contributed by atoms with Gasteiger partial charge in [0.15, 0.2) is 17.0 Å². The van der Waals surface area contributed by atoms with Gasteiger partial charge in [0.05, 0.1) is 24.0 Å². The average Bonchev–Trinajstić information content (AvgIpc) is 3.16. The number of unbranched alkanes of at least 4 members (excludes halogenated alkanes) is 2. The predicted molar refractivity (Wildman–Crippen MR) is 120 cm³/mol. The number of aromatic nitrogens is 4. The van der Waals surface area contributed by atoms with Crippen LogP contribution >= 0.6 is 11.6 Å². The van der Waals surface area contributed by atoms with Crippen molar-refractivity contribution < 1.29 is 10.2 Å². The Bertz CT molecular complexity index is 974. The number of nitrogens with zero attached hydrogens (tertiary/aromatic N) is 4. The molecule has 0 saturated heterocycles. The average molecular weight is 433 g/mol. The van der Waals surface area contributed by atoms with Gasteiger partial charge in [-0.25, -0.2) is 4.98 Å². The first-order chi connectivity index (χ1) is 14.6. The van der Waals surface area contributed by atoms with E-state index in [0.29, 0.717) is 34.4 Å². The highest BCUT2D eigenvalue weighted by molar-refractivity contribution is 6.32. The van der Waals surface area contributed by atoms with Crippen molar-refractivity contribution in [3.8, 4) is 5.75 Å². The number of fused-ring (bicyclic) bond motifs is 1. The van der Waals surface area contributed by atoms with Gasteiger partial charge in [-0.05, 0) is 18.9 Å². The molecular weight excluding hydrogens is 404 g/mol. The number of anilines is 2. The lowest BCUT2D eigenvalue weighted by atomic mass is 10.2. The number of aliphatic hydroxyl groups excluding tert-OH is 1. The molecule has 9 heteroatoms. The van der Waals surface area contributed by atoms with E-state index in [2.05, 4.69) is 32.5 Å². The second-order valence-electron chi connectivity index (χ2n) is 7.25.